The average molecular weight is 459 g/mol. The maximum atomic E-state index is 12.2. The van der Waals surface area contributed by atoms with Gasteiger partial charge in [-0.05, 0) is 73.9 Å². The van der Waals surface area contributed by atoms with Crippen molar-refractivity contribution >= 4 is 35.3 Å². The first-order chi connectivity index (χ1) is 16.3. The zero-order chi connectivity index (χ0) is 24.5. The fourth-order valence-corrected chi connectivity index (χ4v) is 2.89. The predicted octanol–water partition coefficient (Wildman–Crippen LogP) is 3.72. The summed E-state index contributed by atoms with van der Waals surface area (Å²) in [6, 6.07) is 19.6. The van der Waals surface area contributed by atoms with Crippen LogP contribution in [0.3, 0.4) is 0 Å². The van der Waals surface area contributed by atoms with Crippen molar-refractivity contribution < 1.29 is 19.1 Å². The largest absolute Gasteiger partial charge is 0.484 e. The molecule has 0 unspecified atom stereocenters. The molecule has 0 saturated carbocycles. The number of hydrazone groups is 1. The van der Waals surface area contributed by atoms with Crippen LogP contribution < -0.4 is 20.8 Å². The summed E-state index contributed by atoms with van der Waals surface area (Å²) in [6.07, 6.45) is 1.37. The number of aryl methyl sites for hydroxylation is 3. The Labute approximate surface area is 198 Å². The third-order valence-corrected chi connectivity index (χ3v) is 4.91. The van der Waals surface area contributed by atoms with Crippen molar-refractivity contribution in [3.8, 4) is 5.75 Å². The van der Waals surface area contributed by atoms with E-state index in [1.807, 2.05) is 51.1 Å². The van der Waals surface area contributed by atoms with E-state index in [1.54, 1.807) is 36.4 Å². The highest BCUT2D eigenvalue weighted by atomic mass is 16.5. The van der Waals surface area contributed by atoms with Crippen molar-refractivity contribution in [3.05, 3.63) is 89.0 Å². The zero-order valence-corrected chi connectivity index (χ0v) is 19.2. The molecule has 0 aromatic heterocycles. The van der Waals surface area contributed by atoms with Crippen molar-refractivity contribution in [1.82, 2.24) is 5.43 Å². The van der Waals surface area contributed by atoms with E-state index in [9.17, 15) is 14.4 Å². The molecule has 3 aromatic carbocycles. The molecule has 0 heterocycles. The van der Waals surface area contributed by atoms with Gasteiger partial charge in [0.05, 0.1) is 6.21 Å². The molecule has 0 fully saturated rings. The third-order valence-electron chi connectivity index (χ3n) is 4.91. The van der Waals surface area contributed by atoms with Gasteiger partial charge in [0.2, 0.25) is 0 Å². The average Bonchev–Trinajstić information content (AvgIpc) is 2.82. The number of carbonyl (C=O) groups excluding carboxylic acids is 3. The Bertz CT molecular complexity index is 1220. The molecule has 34 heavy (non-hydrogen) atoms. The number of ether oxygens (including phenoxy) is 1. The first-order valence-electron chi connectivity index (χ1n) is 10.6. The van der Waals surface area contributed by atoms with Gasteiger partial charge in [0, 0.05) is 11.4 Å². The Balaban J connectivity index is 1.48. The summed E-state index contributed by atoms with van der Waals surface area (Å²) in [4.78, 5) is 36.1. The fourth-order valence-electron chi connectivity index (χ4n) is 2.89. The normalized spacial score (nSPS) is 10.6. The summed E-state index contributed by atoms with van der Waals surface area (Å²) in [7, 11) is 0. The van der Waals surface area contributed by atoms with Crippen LogP contribution in [0.2, 0.25) is 0 Å². The second-order valence-corrected chi connectivity index (χ2v) is 7.73. The summed E-state index contributed by atoms with van der Waals surface area (Å²) in [5.74, 6) is -1.54. The molecule has 3 N–H and O–H groups in total. The molecule has 3 rings (SSSR count). The van der Waals surface area contributed by atoms with Gasteiger partial charge in [-0.25, -0.2) is 5.43 Å². The number of carbonyl (C=O) groups is 3. The maximum absolute atomic E-state index is 12.2. The minimum absolute atomic E-state index is 0.163. The van der Waals surface area contributed by atoms with Crippen molar-refractivity contribution in [1.29, 1.82) is 0 Å². The van der Waals surface area contributed by atoms with E-state index < -0.39 is 11.8 Å². The number of hydrogen-bond acceptors (Lipinski definition) is 5. The van der Waals surface area contributed by atoms with Gasteiger partial charge in [0.1, 0.15) is 5.75 Å². The molecule has 0 aliphatic rings. The van der Waals surface area contributed by atoms with Gasteiger partial charge < -0.3 is 15.4 Å². The molecule has 174 valence electrons. The summed E-state index contributed by atoms with van der Waals surface area (Å²) in [5.41, 5.74) is 7.30. The summed E-state index contributed by atoms with van der Waals surface area (Å²) in [5, 5.41) is 9.10. The number of anilines is 2. The lowest BCUT2D eigenvalue weighted by Gasteiger charge is -2.09. The van der Waals surface area contributed by atoms with E-state index >= 15 is 0 Å². The van der Waals surface area contributed by atoms with Crippen molar-refractivity contribution in [2.24, 2.45) is 5.10 Å². The van der Waals surface area contributed by atoms with Crippen LogP contribution in [0.25, 0.3) is 0 Å². The van der Waals surface area contributed by atoms with Gasteiger partial charge in [-0.2, -0.15) is 5.10 Å². The van der Waals surface area contributed by atoms with Crippen LogP contribution in [0.4, 0.5) is 11.4 Å². The Kier molecular flexibility index (Phi) is 8.12. The number of rotatable bonds is 7. The van der Waals surface area contributed by atoms with Crippen LogP contribution in [0, 0.1) is 20.8 Å². The SMILES string of the molecule is Cc1ccc(NC(=O)C(=O)N/N=C\c2cccc(OCC(=O)Nc3ccc(C)c(C)c3)c2)cc1. The molecule has 8 heteroatoms. The lowest BCUT2D eigenvalue weighted by molar-refractivity contribution is -0.136. The minimum Gasteiger partial charge on any atom is -0.484 e. The van der Waals surface area contributed by atoms with Gasteiger partial charge in [-0.1, -0.05) is 35.9 Å². The van der Waals surface area contributed by atoms with Crippen LogP contribution in [-0.4, -0.2) is 30.5 Å². The van der Waals surface area contributed by atoms with Gasteiger partial charge >= 0.3 is 11.8 Å². The molecule has 0 bridgehead atoms. The molecule has 0 spiro atoms. The van der Waals surface area contributed by atoms with Crippen LogP contribution in [-0.2, 0) is 14.4 Å². The van der Waals surface area contributed by atoms with E-state index in [4.69, 9.17) is 4.74 Å². The highest BCUT2D eigenvalue weighted by Crippen LogP contribution is 2.15. The monoisotopic (exact) mass is 458 g/mol. The fraction of sp³-hybridized carbons (Fsp3) is 0.154. The summed E-state index contributed by atoms with van der Waals surface area (Å²) in [6.45, 7) is 5.75. The molecule has 3 amide bonds. The van der Waals surface area contributed by atoms with Gasteiger partial charge in [0.15, 0.2) is 6.61 Å². The van der Waals surface area contributed by atoms with E-state index in [0.29, 0.717) is 22.7 Å². The van der Waals surface area contributed by atoms with E-state index in [1.165, 1.54) is 6.21 Å². The molecular weight excluding hydrogens is 432 g/mol. The van der Waals surface area contributed by atoms with Crippen LogP contribution in [0.5, 0.6) is 5.75 Å². The lowest BCUT2D eigenvalue weighted by Crippen LogP contribution is -2.32. The molecular formula is C26H26N4O4. The first kappa shape index (κ1) is 24.2. The van der Waals surface area contributed by atoms with Crippen molar-refractivity contribution in [2.45, 2.75) is 20.8 Å². The van der Waals surface area contributed by atoms with E-state index in [0.717, 1.165) is 16.7 Å². The lowest BCUT2D eigenvalue weighted by atomic mass is 10.1. The first-order valence-corrected chi connectivity index (χ1v) is 10.6. The molecule has 3 aromatic rings. The number of nitrogens with one attached hydrogen (secondary N) is 3. The molecule has 8 nitrogen and oxygen atoms in total. The van der Waals surface area contributed by atoms with Crippen LogP contribution in [0.1, 0.15) is 22.3 Å². The predicted molar refractivity (Wildman–Crippen MR) is 132 cm³/mol. The van der Waals surface area contributed by atoms with Gasteiger partial charge in [0.25, 0.3) is 5.91 Å². The Morgan fingerprint density at radius 3 is 2.29 bits per heavy atom. The summed E-state index contributed by atoms with van der Waals surface area (Å²) >= 11 is 0. The summed E-state index contributed by atoms with van der Waals surface area (Å²) < 4.78 is 5.55. The number of benzene rings is 3. The van der Waals surface area contributed by atoms with Crippen LogP contribution in [0.15, 0.2) is 71.8 Å². The maximum Gasteiger partial charge on any atom is 0.329 e. The second kappa shape index (κ2) is 11.4. The quantitative estimate of drug-likeness (QED) is 0.285. The van der Waals surface area contributed by atoms with Crippen molar-refractivity contribution in [3.63, 3.8) is 0 Å². The van der Waals surface area contributed by atoms with Gasteiger partial charge in [-0.3, -0.25) is 14.4 Å². The molecule has 0 atom stereocenters. The molecule has 0 saturated heterocycles. The molecule has 0 aliphatic heterocycles. The molecule has 0 aliphatic carbocycles. The van der Waals surface area contributed by atoms with Crippen LogP contribution >= 0.6 is 0 Å². The van der Waals surface area contributed by atoms with Crippen molar-refractivity contribution in [2.75, 3.05) is 17.2 Å². The Morgan fingerprint density at radius 2 is 1.56 bits per heavy atom. The topological polar surface area (TPSA) is 109 Å². The smallest absolute Gasteiger partial charge is 0.329 e. The highest BCUT2D eigenvalue weighted by Gasteiger charge is 2.12. The van der Waals surface area contributed by atoms with Gasteiger partial charge in [-0.15, -0.1) is 0 Å². The minimum atomic E-state index is -0.896. The standard InChI is InChI=1S/C26H26N4O4/c1-17-7-10-21(11-8-17)29-25(32)26(33)30-27-15-20-5-4-6-23(14-20)34-16-24(31)28-22-12-9-18(2)19(3)13-22/h4-15H,16H2,1-3H3,(H,28,31)(H,29,32)(H,30,33)/b27-15-. The molecule has 0 radical (unpaired) electrons. The number of hydrogen-bond donors (Lipinski definition) is 3. The zero-order valence-electron chi connectivity index (χ0n) is 19.2. The Hall–Kier alpha value is -4.46. The van der Waals surface area contributed by atoms with E-state index in [2.05, 4.69) is 21.2 Å². The number of amides is 3. The highest BCUT2D eigenvalue weighted by molar-refractivity contribution is 6.39. The number of nitrogens with zero attached hydrogens (tertiary/aromatic N) is 1. The Morgan fingerprint density at radius 1 is 0.824 bits per heavy atom. The van der Waals surface area contributed by atoms with E-state index in [-0.39, 0.29) is 12.5 Å². The third kappa shape index (κ3) is 7.30. The second-order valence-electron chi connectivity index (χ2n) is 7.73.